The lowest BCUT2D eigenvalue weighted by molar-refractivity contribution is -0.137. The van der Waals surface area contributed by atoms with E-state index in [2.05, 4.69) is 10.2 Å². The second-order valence-electron chi connectivity index (χ2n) is 5.44. The molecule has 1 aliphatic heterocycles. The molecule has 1 saturated heterocycles. The molecular weight excluding hydrogens is 298 g/mol. The number of morpholine rings is 1. The van der Waals surface area contributed by atoms with Gasteiger partial charge in [0.1, 0.15) is 5.75 Å². The van der Waals surface area contributed by atoms with E-state index in [4.69, 9.17) is 4.74 Å². The standard InChI is InChI=1S/C16H23N3O4/c1-18(13-3-5-14(20)6-4-13)16(22)15(21)17-7-2-8-19-9-11-23-12-10-19/h3-6,20H,2,7-12H2,1H3,(H,17,21). The van der Waals surface area contributed by atoms with E-state index in [1.54, 1.807) is 12.1 Å². The molecule has 0 atom stereocenters. The van der Waals surface area contributed by atoms with Crippen LogP contribution in [0.5, 0.6) is 5.75 Å². The third-order valence-electron chi connectivity index (χ3n) is 3.78. The number of carbonyl (C=O) groups excluding carboxylic acids is 2. The molecular formula is C16H23N3O4. The minimum absolute atomic E-state index is 0.113. The smallest absolute Gasteiger partial charge is 0.316 e. The highest BCUT2D eigenvalue weighted by atomic mass is 16.5. The van der Waals surface area contributed by atoms with E-state index in [1.807, 2.05) is 0 Å². The summed E-state index contributed by atoms with van der Waals surface area (Å²) in [6.45, 7) is 4.68. The number of amides is 2. The van der Waals surface area contributed by atoms with Crippen LogP contribution in [0.1, 0.15) is 6.42 Å². The number of nitrogens with zero attached hydrogens (tertiary/aromatic N) is 2. The zero-order chi connectivity index (χ0) is 16.7. The highest BCUT2D eigenvalue weighted by molar-refractivity contribution is 6.40. The molecule has 0 bridgehead atoms. The molecule has 2 rings (SSSR count). The van der Waals surface area contributed by atoms with Crippen LogP contribution in [0.3, 0.4) is 0 Å². The molecule has 1 fully saturated rings. The Morgan fingerprint density at radius 3 is 2.57 bits per heavy atom. The number of phenolic OH excluding ortho intramolecular Hbond substituents is 1. The molecule has 126 valence electrons. The average molecular weight is 321 g/mol. The molecule has 2 amide bonds. The highest BCUT2D eigenvalue weighted by Crippen LogP contribution is 2.17. The minimum atomic E-state index is -0.623. The lowest BCUT2D eigenvalue weighted by atomic mass is 10.2. The van der Waals surface area contributed by atoms with Gasteiger partial charge in [0.05, 0.1) is 13.2 Å². The predicted molar refractivity (Wildman–Crippen MR) is 86.4 cm³/mol. The summed E-state index contributed by atoms with van der Waals surface area (Å²) in [6.07, 6.45) is 0.794. The van der Waals surface area contributed by atoms with E-state index in [1.165, 1.54) is 24.1 Å². The zero-order valence-electron chi connectivity index (χ0n) is 13.3. The van der Waals surface area contributed by atoms with Gasteiger partial charge in [-0.1, -0.05) is 0 Å². The van der Waals surface area contributed by atoms with Crippen molar-refractivity contribution in [2.45, 2.75) is 6.42 Å². The molecule has 1 aromatic carbocycles. The Bertz CT molecular complexity index is 527. The second-order valence-corrected chi connectivity index (χ2v) is 5.44. The Morgan fingerprint density at radius 1 is 1.26 bits per heavy atom. The van der Waals surface area contributed by atoms with Crippen molar-refractivity contribution in [3.05, 3.63) is 24.3 Å². The van der Waals surface area contributed by atoms with Gasteiger partial charge in [-0.25, -0.2) is 0 Å². The van der Waals surface area contributed by atoms with Gasteiger partial charge < -0.3 is 20.1 Å². The topological polar surface area (TPSA) is 82.1 Å². The number of phenols is 1. The van der Waals surface area contributed by atoms with Crippen molar-refractivity contribution in [1.29, 1.82) is 0 Å². The van der Waals surface area contributed by atoms with Crippen LogP contribution >= 0.6 is 0 Å². The van der Waals surface area contributed by atoms with Crippen LogP contribution in [0, 0.1) is 0 Å². The summed E-state index contributed by atoms with van der Waals surface area (Å²) < 4.78 is 5.27. The van der Waals surface area contributed by atoms with Crippen molar-refractivity contribution in [2.75, 3.05) is 51.3 Å². The number of benzene rings is 1. The molecule has 0 spiro atoms. The Morgan fingerprint density at radius 2 is 1.91 bits per heavy atom. The van der Waals surface area contributed by atoms with Crippen molar-refractivity contribution in [3.8, 4) is 5.75 Å². The Kier molecular flexibility index (Phi) is 6.37. The van der Waals surface area contributed by atoms with Crippen molar-refractivity contribution >= 4 is 17.5 Å². The SMILES string of the molecule is CN(C(=O)C(=O)NCCCN1CCOCC1)c1ccc(O)cc1. The van der Waals surface area contributed by atoms with Crippen molar-refractivity contribution in [1.82, 2.24) is 10.2 Å². The van der Waals surface area contributed by atoms with Crippen LogP contribution in [0.25, 0.3) is 0 Å². The second kappa shape index (κ2) is 8.50. The summed E-state index contributed by atoms with van der Waals surface area (Å²) in [5.74, 6) is -1.13. The van der Waals surface area contributed by atoms with Gasteiger partial charge in [0.25, 0.3) is 0 Å². The monoisotopic (exact) mass is 321 g/mol. The fraction of sp³-hybridized carbons (Fsp3) is 0.500. The lowest BCUT2D eigenvalue weighted by Gasteiger charge is -2.26. The van der Waals surface area contributed by atoms with Gasteiger partial charge in [0, 0.05) is 32.4 Å². The van der Waals surface area contributed by atoms with Crippen LogP contribution < -0.4 is 10.2 Å². The maximum atomic E-state index is 12.0. The molecule has 1 aliphatic rings. The van der Waals surface area contributed by atoms with Crippen LogP contribution in [0.15, 0.2) is 24.3 Å². The molecule has 7 nitrogen and oxygen atoms in total. The van der Waals surface area contributed by atoms with Gasteiger partial charge in [-0.3, -0.25) is 14.5 Å². The maximum Gasteiger partial charge on any atom is 0.316 e. The molecule has 0 aliphatic carbocycles. The third kappa shape index (κ3) is 5.22. The predicted octanol–water partition coefficient (Wildman–Crippen LogP) is 0.194. The zero-order valence-corrected chi connectivity index (χ0v) is 13.3. The lowest BCUT2D eigenvalue weighted by Crippen LogP contribution is -2.42. The van der Waals surface area contributed by atoms with Crippen molar-refractivity contribution < 1.29 is 19.4 Å². The van der Waals surface area contributed by atoms with Crippen LogP contribution in [0.4, 0.5) is 5.69 Å². The number of aromatic hydroxyl groups is 1. The quantitative estimate of drug-likeness (QED) is 0.598. The van der Waals surface area contributed by atoms with E-state index >= 15 is 0 Å². The van der Waals surface area contributed by atoms with Crippen molar-refractivity contribution in [3.63, 3.8) is 0 Å². The number of rotatable bonds is 5. The number of likely N-dealkylation sites (N-methyl/N-ethyl adjacent to an activating group) is 1. The first-order chi connectivity index (χ1) is 11.1. The van der Waals surface area contributed by atoms with Crippen LogP contribution in [0.2, 0.25) is 0 Å². The first-order valence-corrected chi connectivity index (χ1v) is 7.73. The van der Waals surface area contributed by atoms with Crippen LogP contribution in [-0.2, 0) is 14.3 Å². The van der Waals surface area contributed by atoms with Gasteiger partial charge in [0.2, 0.25) is 0 Å². The van der Waals surface area contributed by atoms with E-state index in [0.29, 0.717) is 12.2 Å². The number of ether oxygens (including phenoxy) is 1. The summed E-state index contributed by atoms with van der Waals surface area (Å²) >= 11 is 0. The first kappa shape index (κ1) is 17.2. The summed E-state index contributed by atoms with van der Waals surface area (Å²) in [7, 11) is 1.53. The van der Waals surface area contributed by atoms with Gasteiger partial charge in [-0.15, -0.1) is 0 Å². The van der Waals surface area contributed by atoms with E-state index in [9.17, 15) is 14.7 Å². The summed E-state index contributed by atoms with van der Waals surface area (Å²) in [6, 6.07) is 6.11. The molecule has 2 N–H and O–H groups in total. The molecule has 7 heteroatoms. The first-order valence-electron chi connectivity index (χ1n) is 7.73. The third-order valence-corrected chi connectivity index (χ3v) is 3.78. The number of nitrogens with one attached hydrogen (secondary N) is 1. The number of hydrogen-bond donors (Lipinski definition) is 2. The molecule has 1 heterocycles. The van der Waals surface area contributed by atoms with E-state index in [0.717, 1.165) is 39.3 Å². The number of hydrogen-bond acceptors (Lipinski definition) is 5. The number of anilines is 1. The van der Waals surface area contributed by atoms with Gasteiger partial charge in [-0.05, 0) is 37.2 Å². The van der Waals surface area contributed by atoms with E-state index < -0.39 is 11.8 Å². The summed E-state index contributed by atoms with van der Waals surface area (Å²) in [4.78, 5) is 27.5. The Balaban J connectivity index is 1.71. The highest BCUT2D eigenvalue weighted by Gasteiger charge is 2.19. The Labute approximate surface area is 135 Å². The maximum absolute atomic E-state index is 12.0. The molecule has 0 aromatic heterocycles. The van der Waals surface area contributed by atoms with E-state index in [-0.39, 0.29) is 5.75 Å². The molecule has 0 radical (unpaired) electrons. The number of carbonyl (C=O) groups is 2. The largest absolute Gasteiger partial charge is 0.508 e. The van der Waals surface area contributed by atoms with Gasteiger partial charge >= 0.3 is 11.8 Å². The fourth-order valence-corrected chi connectivity index (χ4v) is 2.35. The summed E-state index contributed by atoms with van der Waals surface area (Å²) in [5, 5.41) is 11.9. The minimum Gasteiger partial charge on any atom is -0.508 e. The average Bonchev–Trinajstić information content (AvgIpc) is 2.59. The molecule has 0 saturated carbocycles. The normalized spacial score (nSPS) is 15.2. The van der Waals surface area contributed by atoms with Gasteiger partial charge in [0.15, 0.2) is 0 Å². The van der Waals surface area contributed by atoms with Gasteiger partial charge in [-0.2, -0.15) is 0 Å². The Hall–Kier alpha value is -2.12. The summed E-state index contributed by atoms with van der Waals surface area (Å²) in [5.41, 5.74) is 0.552. The molecule has 23 heavy (non-hydrogen) atoms. The molecule has 0 unspecified atom stereocenters. The fourth-order valence-electron chi connectivity index (χ4n) is 2.35. The van der Waals surface area contributed by atoms with Crippen molar-refractivity contribution in [2.24, 2.45) is 0 Å². The van der Waals surface area contributed by atoms with Crippen LogP contribution in [-0.4, -0.2) is 68.3 Å². The molecule has 1 aromatic rings.